The van der Waals surface area contributed by atoms with Crippen molar-refractivity contribution < 1.29 is 9.15 Å². The molecule has 0 radical (unpaired) electrons. The normalized spacial score (nSPS) is 17.5. The van der Waals surface area contributed by atoms with Gasteiger partial charge in [0, 0.05) is 33.1 Å². The van der Waals surface area contributed by atoms with E-state index in [4.69, 9.17) is 9.15 Å². The molecule has 8 nitrogen and oxygen atoms in total. The number of nitrogens with zero attached hydrogens (tertiary/aromatic N) is 6. The predicted molar refractivity (Wildman–Crippen MR) is 79.8 cm³/mol. The quantitative estimate of drug-likeness (QED) is 0.829. The summed E-state index contributed by atoms with van der Waals surface area (Å²) in [5.74, 6) is 2.66. The third-order valence-electron chi connectivity index (χ3n) is 3.89. The number of hydrogen-bond donors (Lipinski definition) is 0. The summed E-state index contributed by atoms with van der Waals surface area (Å²) in [7, 11) is 1.60. The van der Waals surface area contributed by atoms with Crippen LogP contribution in [0.1, 0.15) is 24.7 Å². The van der Waals surface area contributed by atoms with E-state index in [9.17, 15) is 0 Å². The van der Waals surface area contributed by atoms with Crippen LogP contribution in [0.25, 0.3) is 0 Å². The van der Waals surface area contributed by atoms with Gasteiger partial charge in [0.25, 0.3) is 0 Å². The summed E-state index contributed by atoms with van der Waals surface area (Å²) >= 11 is 0. The minimum atomic E-state index is 0.125. The van der Waals surface area contributed by atoms with E-state index in [-0.39, 0.29) is 6.04 Å². The van der Waals surface area contributed by atoms with Crippen LogP contribution in [0, 0.1) is 6.92 Å². The molecule has 1 saturated heterocycles. The predicted octanol–water partition coefficient (Wildman–Crippen LogP) is 1.06. The average Bonchev–Trinajstić information content (AvgIpc) is 3.01. The molecule has 3 rings (SSSR count). The number of anilines is 1. The highest BCUT2D eigenvalue weighted by molar-refractivity contribution is 5.38. The molecule has 3 heterocycles. The fraction of sp³-hybridized carbons (Fsp3) is 0.571. The van der Waals surface area contributed by atoms with Gasteiger partial charge < -0.3 is 14.1 Å². The molecule has 118 valence electrons. The second-order valence-corrected chi connectivity index (χ2v) is 5.28. The first kappa shape index (κ1) is 14.7. The summed E-state index contributed by atoms with van der Waals surface area (Å²) in [5, 5.41) is 8.01. The van der Waals surface area contributed by atoms with Crippen molar-refractivity contribution in [2.75, 3.05) is 38.2 Å². The Kier molecular flexibility index (Phi) is 4.19. The zero-order valence-corrected chi connectivity index (χ0v) is 13.1. The van der Waals surface area contributed by atoms with Crippen molar-refractivity contribution in [2.45, 2.75) is 19.9 Å². The van der Waals surface area contributed by atoms with E-state index < -0.39 is 0 Å². The van der Waals surface area contributed by atoms with Gasteiger partial charge in [0.1, 0.15) is 0 Å². The van der Waals surface area contributed by atoms with Gasteiger partial charge in [-0.3, -0.25) is 9.88 Å². The molecule has 22 heavy (non-hydrogen) atoms. The van der Waals surface area contributed by atoms with Gasteiger partial charge in [-0.1, -0.05) is 0 Å². The Morgan fingerprint density at radius 2 is 1.95 bits per heavy atom. The Hall–Kier alpha value is -2.22. The molecule has 0 N–H and O–H groups in total. The Balaban J connectivity index is 1.62. The third kappa shape index (κ3) is 3.01. The Morgan fingerprint density at radius 3 is 2.59 bits per heavy atom. The standard InChI is InChI=1S/C14H20N6O2/c1-10(14-18-17-11(2)22-14)19-4-6-20(7-5-19)12-8-15-9-13(16-12)21-3/h8-10H,4-7H2,1-3H3/t10-/m0/s1. The molecular formula is C14H20N6O2. The van der Waals surface area contributed by atoms with E-state index in [2.05, 4.69) is 36.9 Å². The molecular weight excluding hydrogens is 284 g/mol. The summed E-state index contributed by atoms with van der Waals surface area (Å²) in [6.45, 7) is 7.46. The molecule has 1 aliphatic rings. The van der Waals surface area contributed by atoms with Crippen LogP contribution in [0.2, 0.25) is 0 Å². The van der Waals surface area contributed by atoms with Crippen LogP contribution >= 0.6 is 0 Å². The molecule has 8 heteroatoms. The minimum Gasteiger partial charge on any atom is -0.480 e. The van der Waals surface area contributed by atoms with Gasteiger partial charge >= 0.3 is 0 Å². The van der Waals surface area contributed by atoms with E-state index >= 15 is 0 Å². The largest absolute Gasteiger partial charge is 0.480 e. The molecule has 0 unspecified atom stereocenters. The van der Waals surface area contributed by atoms with Crippen molar-refractivity contribution in [3.8, 4) is 5.88 Å². The lowest BCUT2D eigenvalue weighted by atomic mass is 10.2. The van der Waals surface area contributed by atoms with E-state index in [0.29, 0.717) is 17.7 Å². The Bertz CT molecular complexity index is 623. The SMILES string of the molecule is COc1cncc(N2CCN([C@@H](C)c3nnc(C)o3)CC2)n1. The van der Waals surface area contributed by atoms with Gasteiger partial charge in [0.05, 0.1) is 25.5 Å². The van der Waals surface area contributed by atoms with Crippen molar-refractivity contribution in [2.24, 2.45) is 0 Å². The summed E-state index contributed by atoms with van der Waals surface area (Å²) in [6, 6.07) is 0.125. The maximum Gasteiger partial charge on any atom is 0.233 e. The van der Waals surface area contributed by atoms with Gasteiger partial charge in [0.15, 0.2) is 5.82 Å². The van der Waals surface area contributed by atoms with Crippen molar-refractivity contribution in [1.82, 2.24) is 25.1 Å². The van der Waals surface area contributed by atoms with Crippen LogP contribution in [-0.2, 0) is 0 Å². The molecule has 1 fully saturated rings. The molecule has 1 atom stereocenters. The molecule has 0 spiro atoms. The summed E-state index contributed by atoms with van der Waals surface area (Å²) in [5.41, 5.74) is 0. The van der Waals surface area contributed by atoms with Gasteiger partial charge in [0.2, 0.25) is 17.7 Å². The van der Waals surface area contributed by atoms with Crippen molar-refractivity contribution in [3.63, 3.8) is 0 Å². The molecule has 0 bridgehead atoms. The fourth-order valence-corrected chi connectivity index (χ4v) is 2.56. The second-order valence-electron chi connectivity index (χ2n) is 5.28. The third-order valence-corrected chi connectivity index (χ3v) is 3.89. The minimum absolute atomic E-state index is 0.125. The van der Waals surface area contributed by atoms with E-state index in [1.165, 1.54) is 0 Å². The summed E-state index contributed by atoms with van der Waals surface area (Å²) < 4.78 is 10.7. The van der Waals surface area contributed by atoms with Crippen molar-refractivity contribution >= 4 is 5.82 Å². The van der Waals surface area contributed by atoms with Crippen molar-refractivity contribution in [3.05, 3.63) is 24.2 Å². The maximum atomic E-state index is 5.52. The van der Waals surface area contributed by atoms with Crippen LogP contribution in [0.15, 0.2) is 16.8 Å². The lowest BCUT2D eigenvalue weighted by molar-refractivity contribution is 0.171. The first-order valence-electron chi connectivity index (χ1n) is 7.32. The summed E-state index contributed by atoms with van der Waals surface area (Å²) in [6.07, 6.45) is 3.38. The number of aromatic nitrogens is 4. The lowest BCUT2D eigenvalue weighted by Crippen LogP contribution is -2.47. The number of methoxy groups -OCH3 is 1. The number of hydrogen-bond acceptors (Lipinski definition) is 8. The molecule has 0 amide bonds. The van der Waals surface area contributed by atoms with E-state index in [1.807, 2.05) is 6.92 Å². The number of rotatable bonds is 4. The fourth-order valence-electron chi connectivity index (χ4n) is 2.56. The smallest absolute Gasteiger partial charge is 0.233 e. The van der Waals surface area contributed by atoms with Gasteiger partial charge in [-0.2, -0.15) is 4.98 Å². The number of aryl methyl sites for hydroxylation is 1. The molecule has 0 saturated carbocycles. The highest BCUT2D eigenvalue weighted by atomic mass is 16.5. The first-order chi connectivity index (χ1) is 10.7. The highest BCUT2D eigenvalue weighted by Crippen LogP contribution is 2.22. The van der Waals surface area contributed by atoms with Gasteiger partial charge in [-0.25, -0.2) is 0 Å². The zero-order valence-electron chi connectivity index (χ0n) is 13.1. The zero-order chi connectivity index (χ0) is 15.5. The number of ether oxygens (including phenoxy) is 1. The van der Waals surface area contributed by atoms with Crippen molar-refractivity contribution in [1.29, 1.82) is 0 Å². The first-order valence-corrected chi connectivity index (χ1v) is 7.32. The summed E-state index contributed by atoms with van der Waals surface area (Å²) in [4.78, 5) is 13.1. The van der Waals surface area contributed by atoms with Crippen LogP contribution in [-0.4, -0.2) is 58.4 Å². The maximum absolute atomic E-state index is 5.52. The molecule has 2 aromatic rings. The Labute approximate surface area is 129 Å². The van der Waals surface area contributed by atoms with Crippen LogP contribution < -0.4 is 9.64 Å². The molecule has 0 aliphatic carbocycles. The Morgan fingerprint density at radius 1 is 1.18 bits per heavy atom. The highest BCUT2D eigenvalue weighted by Gasteiger charge is 2.26. The second kappa shape index (κ2) is 6.27. The van der Waals surface area contributed by atoms with Gasteiger partial charge in [-0.15, -0.1) is 10.2 Å². The van der Waals surface area contributed by atoms with Crippen LogP contribution in [0.3, 0.4) is 0 Å². The molecule has 1 aliphatic heterocycles. The average molecular weight is 304 g/mol. The molecule has 2 aromatic heterocycles. The van der Waals surface area contributed by atoms with E-state index in [1.54, 1.807) is 19.5 Å². The number of piperazine rings is 1. The van der Waals surface area contributed by atoms with Crippen LogP contribution in [0.5, 0.6) is 5.88 Å². The lowest BCUT2D eigenvalue weighted by Gasteiger charge is -2.37. The van der Waals surface area contributed by atoms with E-state index in [0.717, 1.165) is 32.0 Å². The molecule has 0 aromatic carbocycles. The van der Waals surface area contributed by atoms with Crippen LogP contribution in [0.4, 0.5) is 5.82 Å². The van der Waals surface area contributed by atoms with Gasteiger partial charge in [-0.05, 0) is 6.92 Å². The topological polar surface area (TPSA) is 80.4 Å². The monoisotopic (exact) mass is 304 g/mol.